The fourth-order valence-electron chi connectivity index (χ4n) is 2.02. The van der Waals surface area contributed by atoms with E-state index in [2.05, 4.69) is 22.6 Å². The first-order valence-corrected chi connectivity index (χ1v) is 6.96. The van der Waals surface area contributed by atoms with E-state index >= 15 is 0 Å². The van der Waals surface area contributed by atoms with Gasteiger partial charge in [0.05, 0.1) is 0 Å². The molecule has 1 rings (SSSR count). The second kappa shape index (κ2) is 6.80. The van der Waals surface area contributed by atoms with E-state index in [9.17, 15) is 4.79 Å². The Morgan fingerprint density at radius 2 is 2.08 bits per heavy atom. The SMILES string of the molecule is O=C1CCCCCC1CCCCI. The van der Waals surface area contributed by atoms with Crippen molar-refractivity contribution >= 4 is 28.4 Å². The van der Waals surface area contributed by atoms with Crippen LogP contribution in [-0.2, 0) is 4.79 Å². The molecule has 0 aromatic rings. The minimum Gasteiger partial charge on any atom is -0.299 e. The second-order valence-electron chi connectivity index (χ2n) is 3.95. The molecule has 0 aliphatic heterocycles. The minimum atomic E-state index is 0.422. The van der Waals surface area contributed by atoms with E-state index in [1.54, 1.807) is 0 Å². The molecule has 0 saturated heterocycles. The molecule has 13 heavy (non-hydrogen) atoms. The molecule has 1 aliphatic carbocycles. The number of rotatable bonds is 4. The highest BCUT2D eigenvalue weighted by Crippen LogP contribution is 2.24. The average molecular weight is 294 g/mol. The number of halogens is 1. The molecular formula is C11H19IO. The molecule has 1 atom stereocenters. The maximum atomic E-state index is 11.6. The van der Waals surface area contributed by atoms with Gasteiger partial charge < -0.3 is 0 Å². The van der Waals surface area contributed by atoms with Crippen molar-refractivity contribution in [2.75, 3.05) is 4.43 Å². The molecule has 1 nitrogen and oxygen atoms in total. The van der Waals surface area contributed by atoms with Crippen molar-refractivity contribution in [3.8, 4) is 0 Å². The summed E-state index contributed by atoms with van der Waals surface area (Å²) in [5.74, 6) is 0.969. The van der Waals surface area contributed by atoms with Crippen LogP contribution in [0.15, 0.2) is 0 Å². The van der Waals surface area contributed by atoms with Crippen LogP contribution in [0.3, 0.4) is 0 Å². The van der Waals surface area contributed by atoms with Crippen molar-refractivity contribution in [1.29, 1.82) is 0 Å². The number of carbonyl (C=O) groups is 1. The lowest BCUT2D eigenvalue weighted by Gasteiger charge is -2.11. The molecule has 1 fully saturated rings. The quantitative estimate of drug-likeness (QED) is 0.334. The lowest BCUT2D eigenvalue weighted by molar-refractivity contribution is -0.122. The third-order valence-electron chi connectivity index (χ3n) is 2.87. The summed E-state index contributed by atoms with van der Waals surface area (Å²) >= 11 is 2.41. The van der Waals surface area contributed by atoms with E-state index in [0.717, 1.165) is 19.3 Å². The van der Waals surface area contributed by atoms with Gasteiger partial charge in [0.15, 0.2) is 0 Å². The van der Waals surface area contributed by atoms with Crippen molar-refractivity contribution in [3.05, 3.63) is 0 Å². The Kier molecular flexibility index (Phi) is 6.00. The summed E-state index contributed by atoms with van der Waals surface area (Å²) in [6.07, 6.45) is 9.40. The molecular weight excluding hydrogens is 275 g/mol. The van der Waals surface area contributed by atoms with Gasteiger partial charge in [-0.15, -0.1) is 0 Å². The first kappa shape index (κ1) is 11.5. The first-order valence-electron chi connectivity index (χ1n) is 5.43. The summed E-state index contributed by atoms with van der Waals surface area (Å²) in [4.78, 5) is 11.6. The molecule has 0 heterocycles. The van der Waals surface area contributed by atoms with E-state index in [-0.39, 0.29) is 0 Å². The lowest BCUT2D eigenvalue weighted by Crippen LogP contribution is -2.12. The molecule has 76 valence electrons. The van der Waals surface area contributed by atoms with E-state index in [1.807, 2.05) is 0 Å². The van der Waals surface area contributed by atoms with Gasteiger partial charge in [0.25, 0.3) is 0 Å². The van der Waals surface area contributed by atoms with Gasteiger partial charge in [-0.1, -0.05) is 41.9 Å². The van der Waals surface area contributed by atoms with Crippen LogP contribution in [0.2, 0.25) is 0 Å². The predicted molar refractivity (Wildman–Crippen MR) is 64.3 cm³/mol. The monoisotopic (exact) mass is 294 g/mol. The van der Waals surface area contributed by atoms with Crippen LogP contribution in [-0.4, -0.2) is 10.2 Å². The van der Waals surface area contributed by atoms with Crippen LogP contribution in [0.5, 0.6) is 0 Å². The maximum absolute atomic E-state index is 11.6. The minimum absolute atomic E-state index is 0.422. The van der Waals surface area contributed by atoms with Crippen molar-refractivity contribution in [3.63, 3.8) is 0 Å². The fraction of sp³-hybridized carbons (Fsp3) is 0.909. The molecule has 0 radical (unpaired) electrons. The highest BCUT2D eigenvalue weighted by molar-refractivity contribution is 14.1. The van der Waals surface area contributed by atoms with E-state index in [0.29, 0.717) is 11.7 Å². The summed E-state index contributed by atoms with van der Waals surface area (Å²) < 4.78 is 1.23. The smallest absolute Gasteiger partial charge is 0.135 e. The Balaban J connectivity index is 2.24. The van der Waals surface area contributed by atoms with Crippen molar-refractivity contribution in [1.82, 2.24) is 0 Å². The Morgan fingerprint density at radius 3 is 2.85 bits per heavy atom. The van der Waals surface area contributed by atoms with Gasteiger partial charge >= 0.3 is 0 Å². The Bertz CT molecular complexity index is 156. The van der Waals surface area contributed by atoms with Gasteiger partial charge in [0, 0.05) is 12.3 Å². The highest BCUT2D eigenvalue weighted by Gasteiger charge is 2.19. The van der Waals surface area contributed by atoms with Crippen LogP contribution in [0.4, 0.5) is 0 Å². The van der Waals surface area contributed by atoms with E-state index in [4.69, 9.17) is 0 Å². The summed E-state index contributed by atoms with van der Waals surface area (Å²) in [7, 11) is 0. The van der Waals surface area contributed by atoms with Gasteiger partial charge in [-0.05, 0) is 30.1 Å². The van der Waals surface area contributed by atoms with Crippen molar-refractivity contribution in [2.45, 2.75) is 51.4 Å². The number of ketones is 1. The van der Waals surface area contributed by atoms with Crippen molar-refractivity contribution in [2.24, 2.45) is 5.92 Å². The van der Waals surface area contributed by atoms with E-state index < -0.39 is 0 Å². The van der Waals surface area contributed by atoms with Crippen LogP contribution >= 0.6 is 22.6 Å². The number of hydrogen-bond acceptors (Lipinski definition) is 1. The van der Waals surface area contributed by atoms with Gasteiger partial charge in [-0.25, -0.2) is 0 Å². The summed E-state index contributed by atoms with van der Waals surface area (Å²) in [5, 5.41) is 0. The van der Waals surface area contributed by atoms with Crippen molar-refractivity contribution < 1.29 is 4.79 Å². The molecule has 0 aromatic carbocycles. The third-order valence-corrected chi connectivity index (χ3v) is 3.63. The van der Waals surface area contributed by atoms with Gasteiger partial charge in [-0.2, -0.15) is 0 Å². The number of alkyl halides is 1. The Morgan fingerprint density at radius 1 is 1.23 bits per heavy atom. The Hall–Kier alpha value is 0.400. The zero-order valence-electron chi connectivity index (χ0n) is 8.23. The number of hydrogen-bond donors (Lipinski definition) is 0. The van der Waals surface area contributed by atoms with Crippen LogP contribution in [0, 0.1) is 5.92 Å². The van der Waals surface area contributed by atoms with Crippen LogP contribution < -0.4 is 0 Å². The number of carbonyl (C=O) groups excluding carboxylic acids is 1. The summed E-state index contributed by atoms with van der Waals surface area (Å²) in [6, 6.07) is 0. The highest BCUT2D eigenvalue weighted by atomic mass is 127. The predicted octanol–water partition coefficient (Wildman–Crippen LogP) is 3.74. The van der Waals surface area contributed by atoms with Gasteiger partial charge in [0.2, 0.25) is 0 Å². The Labute approximate surface area is 94.8 Å². The number of unbranched alkanes of at least 4 members (excludes halogenated alkanes) is 1. The normalized spacial score (nSPS) is 24.4. The molecule has 1 saturated carbocycles. The van der Waals surface area contributed by atoms with E-state index in [1.165, 1.54) is 36.5 Å². The second-order valence-corrected chi connectivity index (χ2v) is 5.03. The third kappa shape index (κ3) is 4.43. The molecule has 0 aromatic heterocycles. The van der Waals surface area contributed by atoms with Crippen LogP contribution in [0.1, 0.15) is 51.4 Å². The lowest BCUT2D eigenvalue weighted by atomic mass is 9.93. The summed E-state index contributed by atoms with van der Waals surface area (Å²) in [5.41, 5.74) is 0. The molecule has 0 bridgehead atoms. The molecule has 0 spiro atoms. The van der Waals surface area contributed by atoms with Crippen LogP contribution in [0.25, 0.3) is 0 Å². The molecule has 0 N–H and O–H groups in total. The van der Waals surface area contributed by atoms with Gasteiger partial charge in [-0.3, -0.25) is 4.79 Å². The largest absolute Gasteiger partial charge is 0.299 e. The standard InChI is InChI=1S/C11H19IO/c12-9-5-4-7-10-6-2-1-3-8-11(10)13/h10H,1-9H2. The zero-order valence-corrected chi connectivity index (χ0v) is 10.4. The zero-order chi connectivity index (χ0) is 9.52. The molecule has 0 amide bonds. The fourth-order valence-corrected chi connectivity index (χ4v) is 2.56. The summed E-state index contributed by atoms with van der Waals surface area (Å²) in [6.45, 7) is 0. The molecule has 2 heteroatoms. The topological polar surface area (TPSA) is 17.1 Å². The average Bonchev–Trinajstić information content (AvgIpc) is 2.32. The molecule has 1 aliphatic rings. The molecule has 1 unspecified atom stereocenters. The number of Topliss-reactive ketones (excluding diaryl/α,β-unsaturated/α-hetero) is 1. The van der Waals surface area contributed by atoms with Gasteiger partial charge in [0.1, 0.15) is 5.78 Å². The first-order chi connectivity index (χ1) is 6.34. The maximum Gasteiger partial charge on any atom is 0.135 e.